The van der Waals surface area contributed by atoms with E-state index in [1.165, 1.54) is 32.1 Å². The van der Waals surface area contributed by atoms with Crippen LogP contribution < -0.4 is 5.32 Å². The molecular weight excluding hydrogens is 162 g/mol. The average molecular weight is 183 g/mol. The maximum atomic E-state index is 8.57. The summed E-state index contributed by atoms with van der Waals surface area (Å²) in [6, 6.07) is 0.706. The Balaban J connectivity index is 1.78. The molecule has 0 fully saturated rings. The second-order valence-corrected chi connectivity index (χ2v) is 3.73. The summed E-state index contributed by atoms with van der Waals surface area (Å²) in [6.07, 6.45) is 11.5. The molecule has 1 rings (SSSR count). The molecule has 0 saturated carbocycles. The predicted molar refractivity (Wildman–Crippen MR) is 55.7 cm³/mol. The molecule has 0 aliphatic heterocycles. The third-order valence-corrected chi connectivity index (χ3v) is 2.53. The first-order valence-electron chi connectivity index (χ1n) is 5.42. The summed E-state index contributed by atoms with van der Waals surface area (Å²) >= 11 is 0. The molecule has 0 spiro atoms. The van der Waals surface area contributed by atoms with Crippen LogP contribution in [-0.2, 0) is 0 Å². The van der Waals surface area contributed by atoms with E-state index in [0.717, 1.165) is 13.0 Å². The van der Waals surface area contributed by atoms with Crippen molar-refractivity contribution in [1.29, 1.82) is 0 Å². The van der Waals surface area contributed by atoms with E-state index in [-0.39, 0.29) is 0 Å². The predicted octanol–water partition coefficient (Wildman–Crippen LogP) is 1.85. The van der Waals surface area contributed by atoms with Gasteiger partial charge in [-0.2, -0.15) is 0 Å². The maximum Gasteiger partial charge on any atom is 0.0431 e. The Morgan fingerprint density at radius 1 is 1.08 bits per heavy atom. The number of aliphatic hydroxyl groups is 1. The van der Waals surface area contributed by atoms with Gasteiger partial charge in [0.25, 0.3) is 0 Å². The molecule has 2 N–H and O–H groups in total. The van der Waals surface area contributed by atoms with Crippen LogP contribution in [0.15, 0.2) is 12.2 Å². The van der Waals surface area contributed by atoms with Crippen LogP contribution in [0.2, 0.25) is 0 Å². The molecule has 76 valence electrons. The number of hydrogen-bond donors (Lipinski definition) is 2. The van der Waals surface area contributed by atoms with Crippen LogP contribution in [0.1, 0.15) is 38.5 Å². The Labute approximate surface area is 81.0 Å². The molecule has 0 aromatic carbocycles. The van der Waals surface area contributed by atoms with Gasteiger partial charge in [-0.15, -0.1) is 0 Å². The standard InChI is InChI=1S/C11H21NO/c13-10-6-2-1-5-9-12-11-7-3-4-8-11/h3-4,11-13H,1-2,5-10H2. The molecule has 0 amide bonds. The minimum atomic E-state index is 0.347. The van der Waals surface area contributed by atoms with Crippen molar-refractivity contribution in [2.24, 2.45) is 0 Å². The highest BCUT2D eigenvalue weighted by Crippen LogP contribution is 2.09. The molecule has 0 unspecified atom stereocenters. The van der Waals surface area contributed by atoms with Crippen LogP contribution in [0.25, 0.3) is 0 Å². The first kappa shape index (κ1) is 10.7. The first-order valence-corrected chi connectivity index (χ1v) is 5.42. The summed E-state index contributed by atoms with van der Waals surface area (Å²) < 4.78 is 0. The molecule has 1 aliphatic carbocycles. The Kier molecular flexibility index (Phi) is 5.87. The molecule has 0 aromatic rings. The quantitative estimate of drug-likeness (QED) is 0.466. The van der Waals surface area contributed by atoms with Gasteiger partial charge in [-0.25, -0.2) is 0 Å². The SMILES string of the molecule is OCCCCCCNC1CC=CC1. The van der Waals surface area contributed by atoms with Crippen molar-refractivity contribution in [3.63, 3.8) is 0 Å². The highest BCUT2D eigenvalue weighted by Gasteiger charge is 2.07. The number of nitrogens with one attached hydrogen (secondary N) is 1. The minimum absolute atomic E-state index is 0.347. The zero-order chi connectivity index (χ0) is 9.36. The van der Waals surface area contributed by atoms with E-state index < -0.39 is 0 Å². The van der Waals surface area contributed by atoms with E-state index in [4.69, 9.17) is 5.11 Å². The van der Waals surface area contributed by atoms with E-state index in [9.17, 15) is 0 Å². The highest BCUT2D eigenvalue weighted by molar-refractivity contribution is 4.97. The van der Waals surface area contributed by atoms with Gasteiger partial charge in [0.2, 0.25) is 0 Å². The second-order valence-electron chi connectivity index (χ2n) is 3.73. The van der Waals surface area contributed by atoms with E-state index in [1.807, 2.05) is 0 Å². The van der Waals surface area contributed by atoms with E-state index in [2.05, 4.69) is 17.5 Å². The molecule has 0 heterocycles. The fourth-order valence-electron chi connectivity index (χ4n) is 1.68. The number of hydrogen-bond acceptors (Lipinski definition) is 2. The molecule has 0 aromatic heterocycles. The van der Waals surface area contributed by atoms with Gasteiger partial charge in [-0.1, -0.05) is 25.0 Å². The summed E-state index contributed by atoms with van der Waals surface area (Å²) in [5.41, 5.74) is 0. The van der Waals surface area contributed by atoms with E-state index >= 15 is 0 Å². The number of rotatable bonds is 7. The van der Waals surface area contributed by atoms with Crippen molar-refractivity contribution in [2.45, 2.75) is 44.6 Å². The van der Waals surface area contributed by atoms with Crippen LogP contribution in [0.4, 0.5) is 0 Å². The van der Waals surface area contributed by atoms with E-state index in [1.54, 1.807) is 0 Å². The molecule has 0 saturated heterocycles. The lowest BCUT2D eigenvalue weighted by atomic mass is 10.2. The summed E-state index contributed by atoms with van der Waals surface area (Å²) in [4.78, 5) is 0. The second kappa shape index (κ2) is 7.10. The van der Waals surface area contributed by atoms with Crippen molar-refractivity contribution >= 4 is 0 Å². The topological polar surface area (TPSA) is 32.3 Å². The summed E-state index contributed by atoms with van der Waals surface area (Å²) in [5, 5.41) is 12.1. The van der Waals surface area contributed by atoms with Crippen molar-refractivity contribution in [1.82, 2.24) is 5.32 Å². The van der Waals surface area contributed by atoms with Crippen LogP contribution in [-0.4, -0.2) is 24.3 Å². The Morgan fingerprint density at radius 2 is 1.77 bits per heavy atom. The lowest BCUT2D eigenvalue weighted by molar-refractivity contribution is 0.282. The van der Waals surface area contributed by atoms with Gasteiger partial charge >= 0.3 is 0 Å². The number of unbranched alkanes of at least 4 members (excludes halogenated alkanes) is 3. The molecule has 13 heavy (non-hydrogen) atoms. The van der Waals surface area contributed by atoms with E-state index in [0.29, 0.717) is 12.6 Å². The largest absolute Gasteiger partial charge is 0.396 e. The van der Waals surface area contributed by atoms with Gasteiger partial charge in [0.1, 0.15) is 0 Å². The van der Waals surface area contributed by atoms with Crippen LogP contribution >= 0.6 is 0 Å². The molecule has 2 heteroatoms. The lowest BCUT2D eigenvalue weighted by Gasteiger charge is -2.11. The van der Waals surface area contributed by atoms with Gasteiger partial charge in [0, 0.05) is 12.6 Å². The average Bonchev–Trinajstić information content (AvgIpc) is 2.63. The van der Waals surface area contributed by atoms with Crippen molar-refractivity contribution in [3.05, 3.63) is 12.2 Å². The molecule has 0 bridgehead atoms. The van der Waals surface area contributed by atoms with Crippen LogP contribution in [0.5, 0.6) is 0 Å². The maximum absolute atomic E-state index is 8.57. The highest BCUT2D eigenvalue weighted by atomic mass is 16.2. The number of aliphatic hydroxyl groups excluding tert-OH is 1. The van der Waals surface area contributed by atoms with Crippen molar-refractivity contribution < 1.29 is 5.11 Å². The lowest BCUT2D eigenvalue weighted by Crippen LogP contribution is -2.27. The zero-order valence-corrected chi connectivity index (χ0v) is 8.34. The Hall–Kier alpha value is -0.340. The zero-order valence-electron chi connectivity index (χ0n) is 8.34. The first-order chi connectivity index (χ1) is 6.43. The van der Waals surface area contributed by atoms with Crippen molar-refractivity contribution in [3.8, 4) is 0 Å². The fraction of sp³-hybridized carbons (Fsp3) is 0.818. The van der Waals surface area contributed by atoms with Crippen molar-refractivity contribution in [2.75, 3.05) is 13.2 Å². The molecule has 1 aliphatic rings. The van der Waals surface area contributed by atoms with Gasteiger partial charge in [-0.05, 0) is 32.2 Å². The van der Waals surface area contributed by atoms with Gasteiger partial charge in [0.15, 0.2) is 0 Å². The summed E-state index contributed by atoms with van der Waals surface area (Å²) in [7, 11) is 0. The molecule has 0 atom stereocenters. The monoisotopic (exact) mass is 183 g/mol. The fourth-order valence-corrected chi connectivity index (χ4v) is 1.68. The molecular formula is C11H21NO. The third kappa shape index (κ3) is 5.06. The van der Waals surface area contributed by atoms with Crippen LogP contribution in [0.3, 0.4) is 0 Å². The smallest absolute Gasteiger partial charge is 0.0431 e. The van der Waals surface area contributed by atoms with Gasteiger partial charge < -0.3 is 10.4 Å². The normalized spacial score (nSPS) is 17.0. The van der Waals surface area contributed by atoms with Gasteiger partial charge in [0.05, 0.1) is 0 Å². The minimum Gasteiger partial charge on any atom is -0.396 e. The summed E-state index contributed by atoms with van der Waals surface area (Å²) in [5.74, 6) is 0. The van der Waals surface area contributed by atoms with Crippen LogP contribution in [0, 0.1) is 0 Å². The Morgan fingerprint density at radius 3 is 2.46 bits per heavy atom. The Bertz CT molecular complexity index is 137. The third-order valence-electron chi connectivity index (χ3n) is 2.53. The molecule has 0 radical (unpaired) electrons. The van der Waals surface area contributed by atoms with Gasteiger partial charge in [-0.3, -0.25) is 0 Å². The summed E-state index contributed by atoms with van der Waals surface area (Å²) in [6.45, 7) is 1.48. The molecule has 2 nitrogen and oxygen atoms in total.